The molecule has 0 fully saturated rings. The van der Waals surface area contributed by atoms with Gasteiger partial charge in [0.15, 0.2) is 5.13 Å². The number of carbonyl (C=O) groups is 1. The number of ether oxygens (including phenoxy) is 1. The minimum atomic E-state index is -0.0871. The summed E-state index contributed by atoms with van der Waals surface area (Å²) in [5.41, 5.74) is 3.18. The van der Waals surface area contributed by atoms with Crippen molar-refractivity contribution in [1.29, 1.82) is 0 Å². The van der Waals surface area contributed by atoms with Crippen molar-refractivity contribution in [2.75, 3.05) is 37.7 Å². The van der Waals surface area contributed by atoms with Crippen LogP contribution in [0.1, 0.15) is 36.8 Å². The molecule has 0 bridgehead atoms. The maximum Gasteiger partial charge on any atom is 0.263 e. The quantitative estimate of drug-likeness (QED) is 0.276. The molecule has 0 radical (unpaired) electrons. The molecular formula is C26H32ClN5O2S. The van der Waals surface area contributed by atoms with Crippen LogP contribution in [0.3, 0.4) is 0 Å². The van der Waals surface area contributed by atoms with E-state index >= 15 is 0 Å². The molecule has 35 heavy (non-hydrogen) atoms. The van der Waals surface area contributed by atoms with E-state index < -0.39 is 0 Å². The Bertz CT molecular complexity index is 1250. The maximum atomic E-state index is 13.8. The number of fused-ring (bicyclic) bond motifs is 1. The van der Waals surface area contributed by atoms with E-state index in [1.807, 2.05) is 67.1 Å². The number of carbonyl (C=O) groups excluding carboxylic acids is 1. The number of para-hydroxylation sites is 1. The molecule has 9 heteroatoms. The van der Waals surface area contributed by atoms with Crippen LogP contribution < -0.4 is 9.64 Å². The van der Waals surface area contributed by atoms with E-state index in [1.54, 1.807) is 11.1 Å². The highest BCUT2D eigenvalue weighted by atomic mass is 35.5. The van der Waals surface area contributed by atoms with Gasteiger partial charge in [0.25, 0.3) is 5.91 Å². The fourth-order valence-electron chi connectivity index (χ4n) is 3.92. The first-order valence-electron chi connectivity index (χ1n) is 11.7. The van der Waals surface area contributed by atoms with Gasteiger partial charge in [0.05, 0.1) is 40.0 Å². The molecule has 1 amide bonds. The van der Waals surface area contributed by atoms with Gasteiger partial charge in [0, 0.05) is 13.1 Å². The predicted molar refractivity (Wildman–Crippen MR) is 146 cm³/mol. The Morgan fingerprint density at radius 2 is 1.80 bits per heavy atom. The largest absolute Gasteiger partial charge is 0.494 e. The van der Waals surface area contributed by atoms with E-state index in [0.29, 0.717) is 23.8 Å². The zero-order valence-electron chi connectivity index (χ0n) is 20.6. The van der Waals surface area contributed by atoms with Gasteiger partial charge in [-0.2, -0.15) is 5.10 Å². The molecule has 7 nitrogen and oxygen atoms in total. The fourth-order valence-corrected chi connectivity index (χ4v) is 4.94. The summed E-state index contributed by atoms with van der Waals surface area (Å²) >= 11 is 1.51. The summed E-state index contributed by atoms with van der Waals surface area (Å²) in [6.45, 7) is 12.0. The minimum Gasteiger partial charge on any atom is -0.494 e. The molecule has 0 aliphatic carbocycles. The van der Waals surface area contributed by atoms with Crippen LogP contribution in [-0.4, -0.2) is 58.4 Å². The van der Waals surface area contributed by atoms with Gasteiger partial charge < -0.3 is 9.64 Å². The third-order valence-corrected chi connectivity index (χ3v) is 6.95. The molecule has 0 aliphatic heterocycles. The van der Waals surface area contributed by atoms with Crippen molar-refractivity contribution in [3.05, 3.63) is 66.0 Å². The molecule has 4 aromatic rings. The molecule has 4 rings (SSSR count). The molecule has 2 heterocycles. The standard InChI is InChI=1S/C26H31N5O2S.ClH/c1-5-29(6-2)15-16-30(26-28-23-14-13-21(33-7-3)17-24(23)34-26)25(32)22-18-27-31(19(22)4)20-11-9-8-10-12-20;/h8-14,17-18H,5-7,15-16H2,1-4H3;1H. The number of halogens is 1. The summed E-state index contributed by atoms with van der Waals surface area (Å²) in [6, 6.07) is 15.7. The van der Waals surface area contributed by atoms with Gasteiger partial charge >= 0.3 is 0 Å². The third kappa shape index (κ3) is 5.83. The lowest BCUT2D eigenvalue weighted by Crippen LogP contribution is -2.39. The number of anilines is 1. The van der Waals surface area contributed by atoms with Gasteiger partial charge in [-0.3, -0.25) is 9.69 Å². The lowest BCUT2D eigenvalue weighted by Gasteiger charge is -2.24. The van der Waals surface area contributed by atoms with E-state index in [9.17, 15) is 4.79 Å². The molecule has 0 unspecified atom stereocenters. The van der Waals surface area contributed by atoms with Crippen molar-refractivity contribution in [2.45, 2.75) is 27.7 Å². The average molecular weight is 514 g/mol. The van der Waals surface area contributed by atoms with Crippen molar-refractivity contribution in [3.63, 3.8) is 0 Å². The fraction of sp³-hybridized carbons (Fsp3) is 0.346. The summed E-state index contributed by atoms with van der Waals surface area (Å²) < 4.78 is 8.46. The van der Waals surface area contributed by atoms with Crippen LogP contribution in [0.2, 0.25) is 0 Å². The maximum absolute atomic E-state index is 13.8. The van der Waals surface area contributed by atoms with Gasteiger partial charge in [0.1, 0.15) is 5.75 Å². The second-order valence-electron chi connectivity index (χ2n) is 7.93. The SMILES string of the molecule is CCOc1ccc2nc(N(CCN(CC)CC)C(=O)c3cnn(-c4ccccc4)c3C)sc2c1.Cl. The van der Waals surface area contributed by atoms with Gasteiger partial charge in [0.2, 0.25) is 0 Å². The minimum absolute atomic E-state index is 0. The summed E-state index contributed by atoms with van der Waals surface area (Å²) in [5, 5.41) is 5.20. The van der Waals surface area contributed by atoms with E-state index in [4.69, 9.17) is 9.72 Å². The van der Waals surface area contributed by atoms with Crippen LogP contribution in [0.5, 0.6) is 5.75 Å². The number of benzene rings is 2. The van der Waals surface area contributed by atoms with Crippen LogP contribution in [-0.2, 0) is 0 Å². The van der Waals surface area contributed by atoms with Gasteiger partial charge in [-0.15, -0.1) is 12.4 Å². The number of nitrogens with zero attached hydrogens (tertiary/aromatic N) is 5. The Balaban J connectivity index is 0.00000342. The zero-order valence-corrected chi connectivity index (χ0v) is 22.2. The van der Waals surface area contributed by atoms with Crippen LogP contribution in [0.15, 0.2) is 54.7 Å². The number of aromatic nitrogens is 3. The first kappa shape index (κ1) is 26.7. The number of hydrogen-bond acceptors (Lipinski definition) is 6. The van der Waals surface area contributed by atoms with Gasteiger partial charge in [-0.1, -0.05) is 43.4 Å². The Morgan fingerprint density at radius 3 is 2.49 bits per heavy atom. The second kappa shape index (κ2) is 12.2. The van der Waals surface area contributed by atoms with Crippen molar-refractivity contribution in [3.8, 4) is 11.4 Å². The highest BCUT2D eigenvalue weighted by Crippen LogP contribution is 2.32. The number of hydrogen-bond donors (Lipinski definition) is 0. The monoisotopic (exact) mass is 513 g/mol. The highest BCUT2D eigenvalue weighted by molar-refractivity contribution is 7.22. The number of thiazole rings is 1. The van der Waals surface area contributed by atoms with Crippen molar-refractivity contribution in [2.24, 2.45) is 0 Å². The van der Waals surface area contributed by atoms with Gasteiger partial charge in [-0.05, 0) is 57.3 Å². The molecule has 2 aromatic carbocycles. The van der Waals surface area contributed by atoms with Crippen molar-refractivity contribution < 1.29 is 9.53 Å². The number of rotatable bonds is 10. The molecule has 0 saturated heterocycles. The Labute approximate surface area is 216 Å². The van der Waals surface area contributed by atoms with E-state index in [0.717, 1.165) is 47.0 Å². The molecule has 186 valence electrons. The highest BCUT2D eigenvalue weighted by Gasteiger charge is 2.25. The second-order valence-corrected chi connectivity index (χ2v) is 8.94. The molecule has 0 atom stereocenters. The normalized spacial score (nSPS) is 11.0. The van der Waals surface area contributed by atoms with E-state index in [2.05, 4.69) is 23.8 Å². The predicted octanol–water partition coefficient (Wildman–Crippen LogP) is 5.60. The first-order valence-corrected chi connectivity index (χ1v) is 12.5. The summed E-state index contributed by atoms with van der Waals surface area (Å²) in [4.78, 5) is 22.8. The van der Waals surface area contributed by atoms with Crippen LogP contribution >= 0.6 is 23.7 Å². The van der Waals surface area contributed by atoms with Crippen LogP contribution in [0, 0.1) is 6.92 Å². The first-order chi connectivity index (χ1) is 16.5. The van der Waals surface area contributed by atoms with E-state index in [1.165, 1.54) is 11.3 Å². The lowest BCUT2D eigenvalue weighted by atomic mass is 10.2. The van der Waals surface area contributed by atoms with Crippen LogP contribution in [0.4, 0.5) is 5.13 Å². The summed E-state index contributed by atoms with van der Waals surface area (Å²) in [5.74, 6) is 0.724. The summed E-state index contributed by atoms with van der Waals surface area (Å²) in [6.07, 6.45) is 1.66. The third-order valence-electron chi connectivity index (χ3n) is 5.91. The topological polar surface area (TPSA) is 63.5 Å². The van der Waals surface area contributed by atoms with Crippen molar-refractivity contribution in [1.82, 2.24) is 19.7 Å². The zero-order chi connectivity index (χ0) is 24.1. The molecule has 0 N–H and O–H groups in total. The molecular weight excluding hydrogens is 482 g/mol. The molecule has 0 saturated carbocycles. The molecule has 0 aliphatic rings. The summed E-state index contributed by atoms with van der Waals surface area (Å²) in [7, 11) is 0. The van der Waals surface area contributed by atoms with Gasteiger partial charge in [-0.25, -0.2) is 9.67 Å². The average Bonchev–Trinajstić information content (AvgIpc) is 3.45. The molecule has 2 aromatic heterocycles. The van der Waals surface area contributed by atoms with Crippen LogP contribution in [0.25, 0.3) is 15.9 Å². The smallest absolute Gasteiger partial charge is 0.263 e. The van der Waals surface area contributed by atoms with Crippen molar-refractivity contribution >= 4 is 45.0 Å². The lowest BCUT2D eigenvalue weighted by molar-refractivity contribution is 0.0983. The van der Waals surface area contributed by atoms with E-state index in [-0.39, 0.29) is 18.3 Å². The Kier molecular flexibility index (Phi) is 9.26. The Morgan fingerprint density at radius 1 is 1.06 bits per heavy atom. The number of amides is 1. The molecule has 0 spiro atoms. The number of likely N-dealkylation sites (N-methyl/N-ethyl adjacent to an activating group) is 1. The Hall–Kier alpha value is -2.94.